The Morgan fingerprint density at radius 3 is 2.50 bits per heavy atom. The Morgan fingerprint density at radius 1 is 1.17 bits per heavy atom. The van der Waals surface area contributed by atoms with Gasteiger partial charge in [-0.25, -0.2) is 0 Å². The van der Waals surface area contributed by atoms with Crippen molar-refractivity contribution >= 4 is 0 Å². The van der Waals surface area contributed by atoms with Gasteiger partial charge < -0.3 is 10.2 Å². The second-order valence-electron chi connectivity index (χ2n) is 6.38. The summed E-state index contributed by atoms with van der Waals surface area (Å²) in [6.07, 6.45) is 8.41. The van der Waals surface area contributed by atoms with Crippen LogP contribution in [0.4, 0.5) is 0 Å². The highest BCUT2D eigenvalue weighted by molar-refractivity contribution is 4.72. The van der Waals surface area contributed by atoms with Crippen LogP contribution in [0.15, 0.2) is 0 Å². The van der Waals surface area contributed by atoms with Crippen LogP contribution in [0, 0.1) is 11.8 Å². The van der Waals surface area contributed by atoms with Crippen molar-refractivity contribution in [3.05, 3.63) is 0 Å². The van der Waals surface area contributed by atoms with Gasteiger partial charge in [0.2, 0.25) is 0 Å². The Balaban J connectivity index is 1.91. The molecule has 1 aliphatic heterocycles. The first-order valence-electron chi connectivity index (χ1n) is 8.15. The second-order valence-corrected chi connectivity index (χ2v) is 6.38. The summed E-state index contributed by atoms with van der Waals surface area (Å²) in [6.45, 7) is 13.3. The molecule has 0 aromatic rings. The van der Waals surface area contributed by atoms with E-state index in [1.54, 1.807) is 0 Å². The molecule has 1 N–H and O–H groups in total. The number of likely N-dealkylation sites (tertiary alicyclic amines) is 1. The lowest BCUT2D eigenvalue weighted by Crippen LogP contribution is -2.34. The smallest absolute Gasteiger partial charge is 0.00161 e. The molecule has 0 amide bonds. The summed E-state index contributed by atoms with van der Waals surface area (Å²) < 4.78 is 0. The van der Waals surface area contributed by atoms with E-state index in [0.717, 1.165) is 11.8 Å². The Labute approximate surface area is 115 Å². The minimum Gasteiger partial charge on any atom is -0.316 e. The quantitative estimate of drug-likeness (QED) is 0.633. The molecule has 1 aliphatic rings. The first kappa shape index (κ1) is 16.0. The maximum atomic E-state index is 3.53. The van der Waals surface area contributed by atoms with Crippen molar-refractivity contribution in [2.24, 2.45) is 11.8 Å². The number of rotatable bonds is 9. The van der Waals surface area contributed by atoms with Gasteiger partial charge in [-0.05, 0) is 70.2 Å². The standard InChI is InChI=1S/C16H34N2/c1-4-7-16-8-12-18(13-9-16)11-6-5-10-17-14-15(2)3/h15-17H,4-14H2,1-3H3. The first-order valence-corrected chi connectivity index (χ1v) is 8.15. The molecule has 0 atom stereocenters. The third-order valence-electron chi connectivity index (χ3n) is 4.03. The molecule has 0 unspecified atom stereocenters. The zero-order valence-electron chi connectivity index (χ0n) is 12.9. The van der Waals surface area contributed by atoms with Gasteiger partial charge in [-0.15, -0.1) is 0 Å². The summed E-state index contributed by atoms with van der Waals surface area (Å²) in [4.78, 5) is 2.68. The third-order valence-corrected chi connectivity index (χ3v) is 4.03. The highest BCUT2D eigenvalue weighted by Crippen LogP contribution is 2.21. The van der Waals surface area contributed by atoms with Crippen LogP contribution in [0.25, 0.3) is 0 Å². The Bertz CT molecular complexity index is 184. The van der Waals surface area contributed by atoms with Crippen molar-refractivity contribution in [1.29, 1.82) is 0 Å². The number of nitrogens with zero attached hydrogens (tertiary/aromatic N) is 1. The fourth-order valence-corrected chi connectivity index (χ4v) is 2.88. The molecule has 2 heteroatoms. The van der Waals surface area contributed by atoms with Crippen molar-refractivity contribution in [1.82, 2.24) is 10.2 Å². The van der Waals surface area contributed by atoms with Crippen LogP contribution in [0.5, 0.6) is 0 Å². The number of hydrogen-bond donors (Lipinski definition) is 1. The van der Waals surface area contributed by atoms with E-state index in [-0.39, 0.29) is 0 Å². The Morgan fingerprint density at radius 2 is 1.89 bits per heavy atom. The molecule has 0 spiro atoms. The molecule has 2 nitrogen and oxygen atoms in total. The molecule has 0 aromatic carbocycles. The Hall–Kier alpha value is -0.0800. The molecule has 0 aromatic heterocycles. The van der Waals surface area contributed by atoms with Crippen LogP contribution in [0.2, 0.25) is 0 Å². The van der Waals surface area contributed by atoms with Gasteiger partial charge in [0.05, 0.1) is 0 Å². The minimum atomic E-state index is 0.780. The van der Waals surface area contributed by atoms with E-state index < -0.39 is 0 Å². The molecule has 1 rings (SSSR count). The van der Waals surface area contributed by atoms with Gasteiger partial charge in [0, 0.05) is 0 Å². The SMILES string of the molecule is CCCC1CCN(CCCCNCC(C)C)CC1. The topological polar surface area (TPSA) is 15.3 Å². The highest BCUT2D eigenvalue weighted by Gasteiger charge is 2.17. The molecule has 1 saturated heterocycles. The van der Waals surface area contributed by atoms with Crippen molar-refractivity contribution < 1.29 is 0 Å². The van der Waals surface area contributed by atoms with E-state index in [4.69, 9.17) is 0 Å². The van der Waals surface area contributed by atoms with E-state index in [9.17, 15) is 0 Å². The molecule has 0 radical (unpaired) electrons. The molecule has 1 fully saturated rings. The van der Waals surface area contributed by atoms with Gasteiger partial charge in [0.1, 0.15) is 0 Å². The number of hydrogen-bond acceptors (Lipinski definition) is 2. The maximum absolute atomic E-state index is 3.53. The van der Waals surface area contributed by atoms with E-state index in [0.29, 0.717) is 0 Å². The van der Waals surface area contributed by atoms with Crippen LogP contribution >= 0.6 is 0 Å². The second kappa shape index (κ2) is 9.80. The van der Waals surface area contributed by atoms with E-state index in [1.165, 1.54) is 71.2 Å². The first-order chi connectivity index (χ1) is 8.72. The lowest BCUT2D eigenvalue weighted by Gasteiger charge is -2.31. The lowest BCUT2D eigenvalue weighted by atomic mass is 9.92. The van der Waals surface area contributed by atoms with Gasteiger partial charge in [0.15, 0.2) is 0 Å². The number of piperidine rings is 1. The summed E-state index contributed by atoms with van der Waals surface area (Å²) in [6, 6.07) is 0. The van der Waals surface area contributed by atoms with E-state index >= 15 is 0 Å². The van der Waals surface area contributed by atoms with Gasteiger partial charge in [-0.1, -0.05) is 33.6 Å². The van der Waals surface area contributed by atoms with Crippen molar-refractivity contribution in [2.45, 2.75) is 59.3 Å². The van der Waals surface area contributed by atoms with Crippen LogP contribution in [-0.4, -0.2) is 37.6 Å². The summed E-state index contributed by atoms with van der Waals surface area (Å²) in [7, 11) is 0. The predicted molar refractivity (Wildman–Crippen MR) is 81.0 cm³/mol. The third kappa shape index (κ3) is 7.38. The number of nitrogens with one attached hydrogen (secondary N) is 1. The summed E-state index contributed by atoms with van der Waals surface area (Å²) in [5.74, 6) is 1.81. The van der Waals surface area contributed by atoms with Gasteiger partial charge in [-0.3, -0.25) is 0 Å². The largest absolute Gasteiger partial charge is 0.316 e. The van der Waals surface area contributed by atoms with Gasteiger partial charge in [-0.2, -0.15) is 0 Å². The average molecular weight is 254 g/mol. The minimum absolute atomic E-state index is 0.780. The number of unbranched alkanes of at least 4 members (excludes halogenated alkanes) is 1. The van der Waals surface area contributed by atoms with Gasteiger partial charge >= 0.3 is 0 Å². The van der Waals surface area contributed by atoms with Crippen LogP contribution in [0.1, 0.15) is 59.3 Å². The summed E-state index contributed by atoms with van der Waals surface area (Å²) in [5, 5.41) is 3.53. The zero-order valence-corrected chi connectivity index (χ0v) is 12.9. The highest BCUT2D eigenvalue weighted by atomic mass is 15.1. The molecule has 0 saturated carbocycles. The molecule has 1 heterocycles. The molecule has 0 aliphatic carbocycles. The van der Waals surface area contributed by atoms with Crippen LogP contribution in [0.3, 0.4) is 0 Å². The van der Waals surface area contributed by atoms with Crippen molar-refractivity contribution in [3.63, 3.8) is 0 Å². The monoisotopic (exact) mass is 254 g/mol. The average Bonchev–Trinajstić information content (AvgIpc) is 2.35. The zero-order chi connectivity index (χ0) is 13.2. The predicted octanol–water partition coefficient (Wildman–Crippen LogP) is 3.52. The van der Waals surface area contributed by atoms with Crippen LogP contribution in [-0.2, 0) is 0 Å². The maximum Gasteiger partial charge on any atom is -0.00161 e. The Kier molecular flexibility index (Phi) is 8.70. The van der Waals surface area contributed by atoms with E-state index in [1.807, 2.05) is 0 Å². The molecular formula is C16H34N2. The molecule has 0 bridgehead atoms. The van der Waals surface area contributed by atoms with E-state index in [2.05, 4.69) is 31.0 Å². The molecule has 18 heavy (non-hydrogen) atoms. The van der Waals surface area contributed by atoms with Crippen molar-refractivity contribution in [2.75, 3.05) is 32.7 Å². The van der Waals surface area contributed by atoms with Crippen LogP contribution < -0.4 is 5.32 Å². The molecular weight excluding hydrogens is 220 g/mol. The lowest BCUT2D eigenvalue weighted by molar-refractivity contribution is 0.176. The van der Waals surface area contributed by atoms with Crippen molar-refractivity contribution in [3.8, 4) is 0 Å². The summed E-state index contributed by atoms with van der Waals surface area (Å²) >= 11 is 0. The fraction of sp³-hybridized carbons (Fsp3) is 1.00. The fourth-order valence-electron chi connectivity index (χ4n) is 2.88. The molecule has 108 valence electrons. The normalized spacial score (nSPS) is 18.7. The summed E-state index contributed by atoms with van der Waals surface area (Å²) in [5.41, 5.74) is 0. The van der Waals surface area contributed by atoms with Gasteiger partial charge in [0.25, 0.3) is 0 Å².